The van der Waals surface area contributed by atoms with E-state index >= 15 is 0 Å². The van der Waals surface area contributed by atoms with Crippen LogP contribution >= 0.6 is 23.2 Å². The molecule has 106 valence electrons. The van der Waals surface area contributed by atoms with E-state index in [0.717, 1.165) is 18.8 Å². The molecule has 0 saturated heterocycles. The molecule has 1 N–H and O–H groups in total. The Labute approximate surface area is 124 Å². The van der Waals surface area contributed by atoms with Crippen molar-refractivity contribution in [2.24, 2.45) is 5.92 Å². The van der Waals surface area contributed by atoms with Crippen LogP contribution in [0.3, 0.4) is 0 Å². The summed E-state index contributed by atoms with van der Waals surface area (Å²) < 4.78 is 13.2. The highest BCUT2D eigenvalue weighted by Crippen LogP contribution is 2.34. The van der Waals surface area contributed by atoms with Gasteiger partial charge in [-0.15, -0.1) is 0 Å². The molecule has 0 aromatic heterocycles. The lowest BCUT2D eigenvalue weighted by Gasteiger charge is -2.20. The van der Waals surface area contributed by atoms with Crippen LogP contribution in [0.2, 0.25) is 10.0 Å². The van der Waals surface area contributed by atoms with E-state index in [1.807, 2.05) is 0 Å². The van der Waals surface area contributed by atoms with Gasteiger partial charge in [-0.05, 0) is 37.3 Å². The van der Waals surface area contributed by atoms with Gasteiger partial charge in [0.05, 0.1) is 15.7 Å². The molecule has 1 nitrogen and oxygen atoms in total. The maximum Gasteiger partial charge on any atom is 0.126 e. The maximum absolute atomic E-state index is 13.2. The minimum Gasteiger partial charge on any atom is -0.380 e. The van der Waals surface area contributed by atoms with E-state index in [9.17, 15) is 4.39 Å². The smallest absolute Gasteiger partial charge is 0.126 e. The average Bonchev–Trinajstić information content (AvgIpc) is 2.58. The van der Waals surface area contributed by atoms with Crippen molar-refractivity contribution in [1.82, 2.24) is 0 Å². The second-order valence-electron chi connectivity index (χ2n) is 5.37. The molecule has 1 fully saturated rings. The Balaban J connectivity index is 2.05. The molecular weight excluding hydrogens is 284 g/mol. The molecule has 0 spiro atoms. The minimum absolute atomic E-state index is 0.362. The fourth-order valence-corrected chi connectivity index (χ4v) is 3.38. The number of halogens is 3. The highest BCUT2D eigenvalue weighted by molar-refractivity contribution is 6.39. The fraction of sp³-hybridized carbons (Fsp3) is 0.600. The molecule has 1 aliphatic carbocycles. The Morgan fingerprint density at radius 1 is 1.16 bits per heavy atom. The molecule has 1 aromatic rings. The summed E-state index contributed by atoms with van der Waals surface area (Å²) >= 11 is 12.1. The van der Waals surface area contributed by atoms with Crippen molar-refractivity contribution in [3.05, 3.63) is 28.0 Å². The van der Waals surface area contributed by atoms with Crippen LogP contribution in [0.5, 0.6) is 0 Å². The number of hydrogen-bond acceptors (Lipinski definition) is 1. The van der Waals surface area contributed by atoms with E-state index < -0.39 is 5.82 Å². The third-order valence-electron chi connectivity index (χ3n) is 4.02. The predicted octanol–water partition coefficient (Wildman–Crippen LogP) is 5.90. The second kappa shape index (κ2) is 6.81. The van der Waals surface area contributed by atoms with Gasteiger partial charge in [0.2, 0.25) is 0 Å². The van der Waals surface area contributed by atoms with E-state index in [-0.39, 0.29) is 0 Å². The number of nitrogens with one attached hydrogen (secondary N) is 1. The quantitative estimate of drug-likeness (QED) is 0.685. The van der Waals surface area contributed by atoms with Crippen molar-refractivity contribution >= 4 is 28.9 Å². The van der Waals surface area contributed by atoms with Crippen LogP contribution in [-0.2, 0) is 0 Å². The molecule has 0 bridgehead atoms. The van der Waals surface area contributed by atoms with Gasteiger partial charge in [-0.3, -0.25) is 0 Å². The highest BCUT2D eigenvalue weighted by Gasteiger charge is 2.19. The Bertz CT molecular complexity index is 413. The second-order valence-corrected chi connectivity index (χ2v) is 6.18. The number of hydrogen-bond donors (Lipinski definition) is 1. The van der Waals surface area contributed by atoms with Gasteiger partial charge in [-0.1, -0.05) is 49.4 Å². The molecule has 0 radical (unpaired) electrons. The van der Waals surface area contributed by atoms with Crippen LogP contribution < -0.4 is 5.32 Å². The zero-order valence-electron chi connectivity index (χ0n) is 11.2. The van der Waals surface area contributed by atoms with E-state index in [4.69, 9.17) is 23.2 Å². The molecule has 1 aromatic carbocycles. The summed E-state index contributed by atoms with van der Waals surface area (Å²) in [6.45, 7) is 2.26. The maximum atomic E-state index is 13.2. The van der Waals surface area contributed by atoms with Crippen molar-refractivity contribution in [2.45, 2.75) is 51.5 Å². The van der Waals surface area contributed by atoms with Crippen LogP contribution in [0.25, 0.3) is 0 Å². The lowest BCUT2D eigenvalue weighted by Crippen LogP contribution is -2.19. The van der Waals surface area contributed by atoms with Crippen molar-refractivity contribution < 1.29 is 4.39 Å². The normalized spacial score (nSPS) is 24.0. The SMILES string of the molecule is CCC1CCCC(Nc2c(Cl)cc(F)cc2Cl)CC1. The molecule has 2 rings (SSSR count). The van der Waals surface area contributed by atoms with Crippen molar-refractivity contribution in [3.63, 3.8) is 0 Å². The van der Waals surface area contributed by atoms with Gasteiger partial charge < -0.3 is 5.32 Å². The molecule has 0 amide bonds. The number of rotatable bonds is 3. The van der Waals surface area contributed by atoms with E-state index in [2.05, 4.69) is 12.2 Å². The Hall–Kier alpha value is -0.470. The molecule has 1 saturated carbocycles. The molecule has 0 aliphatic heterocycles. The van der Waals surface area contributed by atoms with Crippen molar-refractivity contribution in [1.29, 1.82) is 0 Å². The summed E-state index contributed by atoms with van der Waals surface area (Å²) in [4.78, 5) is 0. The molecular formula is C15H20Cl2FN. The summed E-state index contributed by atoms with van der Waals surface area (Å²) in [6, 6.07) is 3.00. The lowest BCUT2D eigenvalue weighted by molar-refractivity contribution is 0.444. The number of anilines is 1. The first kappa shape index (κ1) is 14.9. The summed E-state index contributed by atoms with van der Waals surface area (Å²) in [5.74, 6) is 0.443. The first-order valence-corrected chi connectivity index (χ1v) is 7.76. The summed E-state index contributed by atoms with van der Waals surface area (Å²) in [5.41, 5.74) is 0.671. The molecule has 0 heterocycles. The summed E-state index contributed by atoms with van der Waals surface area (Å²) in [7, 11) is 0. The molecule has 1 aliphatic rings. The van der Waals surface area contributed by atoms with Crippen LogP contribution in [0.4, 0.5) is 10.1 Å². The van der Waals surface area contributed by atoms with Gasteiger partial charge in [0.1, 0.15) is 5.82 Å². The zero-order valence-corrected chi connectivity index (χ0v) is 12.7. The third kappa shape index (κ3) is 4.00. The monoisotopic (exact) mass is 303 g/mol. The molecule has 19 heavy (non-hydrogen) atoms. The summed E-state index contributed by atoms with van der Waals surface area (Å²) in [5, 5.41) is 4.12. The fourth-order valence-electron chi connectivity index (χ4n) is 2.82. The summed E-state index contributed by atoms with van der Waals surface area (Å²) in [6.07, 6.45) is 7.28. The van der Waals surface area contributed by atoms with Gasteiger partial charge in [0.25, 0.3) is 0 Å². The standard InChI is InChI=1S/C15H20Cl2FN/c1-2-10-4-3-5-12(7-6-10)19-15-13(16)8-11(18)9-14(15)17/h8-10,12,19H,2-7H2,1H3. The zero-order chi connectivity index (χ0) is 13.8. The minimum atomic E-state index is -0.396. The van der Waals surface area contributed by atoms with Crippen LogP contribution in [0.1, 0.15) is 45.4 Å². The van der Waals surface area contributed by atoms with Crippen molar-refractivity contribution in [3.8, 4) is 0 Å². The largest absolute Gasteiger partial charge is 0.380 e. The third-order valence-corrected chi connectivity index (χ3v) is 4.62. The van der Waals surface area contributed by atoms with Gasteiger partial charge in [-0.2, -0.15) is 0 Å². The van der Waals surface area contributed by atoms with E-state index in [0.29, 0.717) is 21.8 Å². The van der Waals surface area contributed by atoms with Crippen LogP contribution in [-0.4, -0.2) is 6.04 Å². The van der Waals surface area contributed by atoms with Crippen LogP contribution in [0.15, 0.2) is 12.1 Å². The topological polar surface area (TPSA) is 12.0 Å². The molecule has 2 atom stereocenters. The lowest BCUT2D eigenvalue weighted by atomic mass is 9.98. The highest BCUT2D eigenvalue weighted by atomic mass is 35.5. The van der Waals surface area contributed by atoms with E-state index in [1.165, 1.54) is 37.8 Å². The van der Waals surface area contributed by atoms with E-state index in [1.54, 1.807) is 0 Å². The molecule has 2 unspecified atom stereocenters. The number of benzene rings is 1. The first-order valence-electron chi connectivity index (χ1n) is 7.01. The Kier molecular flexibility index (Phi) is 5.35. The molecule has 4 heteroatoms. The first-order chi connectivity index (χ1) is 9.10. The van der Waals surface area contributed by atoms with Crippen molar-refractivity contribution in [2.75, 3.05) is 5.32 Å². The average molecular weight is 304 g/mol. The predicted molar refractivity (Wildman–Crippen MR) is 80.7 cm³/mol. The van der Waals surface area contributed by atoms with Gasteiger partial charge in [0, 0.05) is 6.04 Å². The Morgan fingerprint density at radius 3 is 2.47 bits per heavy atom. The van der Waals surface area contributed by atoms with Crippen LogP contribution in [0, 0.1) is 11.7 Å². The van der Waals surface area contributed by atoms with Gasteiger partial charge in [-0.25, -0.2) is 4.39 Å². The van der Waals surface area contributed by atoms with Gasteiger partial charge in [0.15, 0.2) is 0 Å². The van der Waals surface area contributed by atoms with Gasteiger partial charge >= 0.3 is 0 Å². The Morgan fingerprint density at radius 2 is 1.84 bits per heavy atom.